The van der Waals surface area contributed by atoms with Crippen molar-refractivity contribution in [2.45, 2.75) is 19.4 Å². The highest BCUT2D eigenvalue weighted by molar-refractivity contribution is 6.09. The minimum absolute atomic E-state index is 0.0442. The number of nitriles is 1. The molecular formula is C20H18N2O3. The molecule has 1 aliphatic heterocycles. The van der Waals surface area contributed by atoms with E-state index in [0.717, 1.165) is 23.3 Å². The molecule has 0 spiro atoms. The lowest BCUT2D eigenvalue weighted by Gasteiger charge is -2.06. The minimum atomic E-state index is -0.446. The molecule has 2 aromatic rings. The molecule has 5 nitrogen and oxygen atoms in total. The summed E-state index contributed by atoms with van der Waals surface area (Å²) in [5, 5.41) is 12.0. The largest absolute Gasteiger partial charge is 0.497 e. The third kappa shape index (κ3) is 3.81. The average Bonchev–Trinajstić information content (AvgIpc) is 2.99. The third-order valence-electron chi connectivity index (χ3n) is 3.94. The fourth-order valence-corrected chi connectivity index (χ4v) is 2.72. The van der Waals surface area contributed by atoms with Gasteiger partial charge in [-0.1, -0.05) is 6.07 Å². The first-order valence-corrected chi connectivity index (χ1v) is 7.96. The minimum Gasteiger partial charge on any atom is -0.497 e. The maximum absolute atomic E-state index is 12.3. The zero-order valence-corrected chi connectivity index (χ0v) is 14.1. The molecule has 3 rings (SSSR count). The number of nitrogens with one attached hydrogen (secondary N) is 1. The third-order valence-corrected chi connectivity index (χ3v) is 3.94. The Morgan fingerprint density at radius 2 is 2.08 bits per heavy atom. The number of anilines is 1. The van der Waals surface area contributed by atoms with Crippen LogP contribution >= 0.6 is 0 Å². The second-order valence-corrected chi connectivity index (χ2v) is 5.85. The van der Waals surface area contributed by atoms with Crippen molar-refractivity contribution < 1.29 is 14.3 Å². The van der Waals surface area contributed by atoms with E-state index < -0.39 is 5.91 Å². The smallest absolute Gasteiger partial charge is 0.266 e. The van der Waals surface area contributed by atoms with Crippen molar-refractivity contribution in [3.05, 3.63) is 59.2 Å². The monoisotopic (exact) mass is 334 g/mol. The van der Waals surface area contributed by atoms with E-state index in [1.807, 2.05) is 31.2 Å². The summed E-state index contributed by atoms with van der Waals surface area (Å²) in [6.07, 6.45) is 2.57. The summed E-state index contributed by atoms with van der Waals surface area (Å²) in [6, 6.07) is 14.6. The van der Waals surface area contributed by atoms with Crippen LogP contribution in [0, 0.1) is 11.3 Å². The molecule has 0 radical (unpaired) electrons. The van der Waals surface area contributed by atoms with Gasteiger partial charge < -0.3 is 14.8 Å². The summed E-state index contributed by atoms with van der Waals surface area (Å²) < 4.78 is 10.7. The zero-order valence-electron chi connectivity index (χ0n) is 14.1. The van der Waals surface area contributed by atoms with Crippen LogP contribution < -0.4 is 14.8 Å². The summed E-state index contributed by atoms with van der Waals surface area (Å²) in [5.74, 6) is 1.12. The van der Waals surface area contributed by atoms with E-state index in [0.29, 0.717) is 11.4 Å². The molecule has 1 heterocycles. The molecule has 0 saturated heterocycles. The summed E-state index contributed by atoms with van der Waals surface area (Å²) in [5.41, 5.74) is 2.54. The molecule has 126 valence electrons. The molecule has 0 bridgehead atoms. The molecular weight excluding hydrogens is 316 g/mol. The van der Waals surface area contributed by atoms with Crippen molar-refractivity contribution in [3.8, 4) is 17.6 Å². The lowest BCUT2D eigenvalue weighted by atomic mass is 10.0. The van der Waals surface area contributed by atoms with E-state index in [2.05, 4.69) is 5.32 Å². The first-order valence-electron chi connectivity index (χ1n) is 7.96. The Morgan fingerprint density at radius 3 is 2.76 bits per heavy atom. The van der Waals surface area contributed by atoms with Crippen LogP contribution in [0.15, 0.2) is 48.0 Å². The van der Waals surface area contributed by atoms with Crippen molar-refractivity contribution in [1.82, 2.24) is 0 Å². The normalized spacial score (nSPS) is 15.7. The second kappa shape index (κ2) is 7.10. The number of fused-ring (bicyclic) bond motifs is 1. The number of methoxy groups -OCH3 is 1. The Bertz CT molecular complexity index is 864. The van der Waals surface area contributed by atoms with Crippen LogP contribution in [0.5, 0.6) is 11.5 Å². The number of carbonyl (C=O) groups excluding carboxylic acids is 1. The summed E-state index contributed by atoms with van der Waals surface area (Å²) in [6.45, 7) is 2.01. The number of ether oxygens (including phenoxy) is 2. The standard InChI is InChI=1S/C20H18N2O3/c1-13-9-15-10-14(3-8-19(15)25-13)11-16(12-21)20(23)22-17-4-6-18(24-2)7-5-17/h3-8,10-11,13H,9H2,1-2H3,(H,22,23)/b16-11-/t13-/m1/s1. The Kier molecular flexibility index (Phi) is 4.71. The maximum Gasteiger partial charge on any atom is 0.266 e. The first kappa shape index (κ1) is 16.6. The molecule has 0 aliphatic carbocycles. The van der Waals surface area contributed by atoms with Gasteiger partial charge in [-0.2, -0.15) is 5.26 Å². The van der Waals surface area contributed by atoms with Crippen LogP contribution in [0.25, 0.3) is 6.08 Å². The molecule has 2 aromatic carbocycles. The van der Waals surface area contributed by atoms with Crippen LogP contribution in [0.4, 0.5) is 5.69 Å². The van der Waals surface area contributed by atoms with Crippen LogP contribution in [0.1, 0.15) is 18.1 Å². The Hall–Kier alpha value is -3.26. The van der Waals surface area contributed by atoms with Gasteiger partial charge in [-0.3, -0.25) is 4.79 Å². The van der Waals surface area contributed by atoms with Gasteiger partial charge >= 0.3 is 0 Å². The summed E-state index contributed by atoms with van der Waals surface area (Å²) in [7, 11) is 1.58. The molecule has 1 aliphatic rings. The van der Waals surface area contributed by atoms with E-state index in [4.69, 9.17) is 9.47 Å². The van der Waals surface area contributed by atoms with Gasteiger partial charge in [0.05, 0.1) is 7.11 Å². The highest BCUT2D eigenvalue weighted by atomic mass is 16.5. The predicted octanol–water partition coefficient (Wildman–Crippen LogP) is 3.56. The predicted molar refractivity (Wildman–Crippen MR) is 95.4 cm³/mol. The van der Waals surface area contributed by atoms with Crippen LogP contribution in [-0.4, -0.2) is 19.1 Å². The molecule has 25 heavy (non-hydrogen) atoms. The molecule has 0 aromatic heterocycles. The number of carbonyl (C=O) groups is 1. The molecule has 1 atom stereocenters. The molecule has 0 fully saturated rings. The zero-order chi connectivity index (χ0) is 17.8. The average molecular weight is 334 g/mol. The first-order chi connectivity index (χ1) is 12.1. The highest BCUT2D eigenvalue weighted by Crippen LogP contribution is 2.30. The Labute approximate surface area is 146 Å². The Balaban J connectivity index is 1.77. The van der Waals surface area contributed by atoms with Gasteiger partial charge in [0.2, 0.25) is 0 Å². The van der Waals surface area contributed by atoms with E-state index in [1.165, 1.54) is 0 Å². The van der Waals surface area contributed by atoms with Crippen molar-refractivity contribution in [1.29, 1.82) is 5.26 Å². The van der Waals surface area contributed by atoms with Gasteiger partial charge in [0.1, 0.15) is 29.2 Å². The molecule has 1 N–H and O–H groups in total. The maximum atomic E-state index is 12.3. The highest BCUT2D eigenvalue weighted by Gasteiger charge is 2.19. The van der Waals surface area contributed by atoms with Crippen molar-refractivity contribution in [3.63, 3.8) is 0 Å². The van der Waals surface area contributed by atoms with Crippen LogP contribution in [0.3, 0.4) is 0 Å². The topological polar surface area (TPSA) is 71.3 Å². The van der Waals surface area contributed by atoms with E-state index >= 15 is 0 Å². The number of hydrogen-bond donors (Lipinski definition) is 1. The van der Waals surface area contributed by atoms with Gasteiger partial charge in [-0.15, -0.1) is 0 Å². The van der Waals surface area contributed by atoms with E-state index in [9.17, 15) is 10.1 Å². The second-order valence-electron chi connectivity index (χ2n) is 5.85. The van der Waals surface area contributed by atoms with Gasteiger partial charge in [-0.25, -0.2) is 0 Å². The fourth-order valence-electron chi connectivity index (χ4n) is 2.72. The SMILES string of the molecule is COc1ccc(NC(=O)/C(C#N)=C\c2ccc3c(c2)C[C@@H](C)O3)cc1. The number of amides is 1. The van der Waals surface area contributed by atoms with Gasteiger partial charge in [0, 0.05) is 12.1 Å². The van der Waals surface area contributed by atoms with E-state index in [1.54, 1.807) is 37.5 Å². The van der Waals surface area contributed by atoms with Crippen LogP contribution in [0.2, 0.25) is 0 Å². The van der Waals surface area contributed by atoms with Gasteiger partial charge in [-0.05, 0) is 60.5 Å². The van der Waals surface area contributed by atoms with Crippen molar-refractivity contribution >= 4 is 17.7 Å². The van der Waals surface area contributed by atoms with Gasteiger partial charge in [0.25, 0.3) is 5.91 Å². The van der Waals surface area contributed by atoms with Crippen molar-refractivity contribution in [2.75, 3.05) is 12.4 Å². The van der Waals surface area contributed by atoms with Crippen LogP contribution in [-0.2, 0) is 11.2 Å². The number of benzene rings is 2. The molecule has 0 saturated carbocycles. The quantitative estimate of drug-likeness (QED) is 0.685. The lowest BCUT2D eigenvalue weighted by molar-refractivity contribution is -0.112. The molecule has 0 unspecified atom stereocenters. The number of hydrogen-bond acceptors (Lipinski definition) is 4. The van der Waals surface area contributed by atoms with E-state index in [-0.39, 0.29) is 11.7 Å². The fraction of sp³-hybridized carbons (Fsp3) is 0.200. The molecule has 5 heteroatoms. The lowest BCUT2D eigenvalue weighted by Crippen LogP contribution is -2.13. The summed E-state index contributed by atoms with van der Waals surface area (Å²) in [4.78, 5) is 12.3. The summed E-state index contributed by atoms with van der Waals surface area (Å²) >= 11 is 0. The molecule has 1 amide bonds. The number of rotatable bonds is 4. The number of nitrogens with zero attached hydrogens (tertiary/aromatic N) is 1. The van der Waals surface area contributed by atoms with Gasteiger partial charge in [0.15, 0.2) is 0 Å². The Morgan fingerprint density at radius 1 is 1.32 bits per heavy atom. The van der Waals surface area contributed by atoms with Crippen molar-refractivity contribution in [2.24, 2.45) is 0 Å².